The molecule has 1 aliphatic heterocycles. The van der Waals surface area contributed by atoms with Gasteiger partial charge < -0.3 is 16.0 Å². The molecule has 27 heavy (non-hydrogen) atoms. The van der Waals surface area contributed by atoms with E-state index in [1.54, 1.807) is 35.2 Å². The van der Waals surface area contributed by atoms with E-state index >= 15 is 0 Å². The number of nitrogens with one attached hydrogen (secondary N) is 1. The summed E-state index contributed by atoms with van der Waals surface area (Å²) in [7, 11) is 0. The normalized spacial score (nSPS) is 16.4. The molecule has 6 nitrogen and oxygen atoms in total. The van der Waals surface area contributed by atoms with E-state index in [1.807, 2.05) is 0 Å². The number of carbonyl (C=O) groups is 3. The van der Waals surface area contributed by atoms with Crippen molar-refractivity contribution in [1.82, 2.24) is 4.90 Å². The van der Waals surface area contributed by atoms with Crippen molar-refractivity contribution in [2.45, 2.75) is 12.8 Å². The molecule has 0 bridgehead atoms. The summed E-state index contributed by atoms with van der Waals surface area (Å²) in [5.74, 6) is -1.84. The molecule has 1 fully saturated rings. The Morgan fingerprint density at radius 3 is 2.56 bits per heavy atom. The molecule has 3 amide bonds. The lowest BCUT2D eigenvalue weighted by Gasteiger charge is -2.17. The van der Waals surface area contributed by atoms with Crippen LogP contribution in [-0.4, -0.2) is 35.7 Å². The summed E-state index contributed by atoms with van der Waals surface area (Å²) in [6, 6.07) is 12.6. The minimum atomic E-state index is -0.630. The third-order valence-electron chi connectivity index (χ3n) is 4.62. The van der Waals surface area contributed by atoms with E-state index in [1.165, 1.54) is 18.2 Å². The number of likely N-dealkylation sites (tertiary alicyclic amines) is 1. The van der Waals surface area contributed by atoms with Crippen LogP contribution in [-0.2, 0) is 16.0 Å². The summed E-state index contributed by atoms with van der Waals surface area (Å²) in [5.41, 5.74) is 6.80. The third kappa shape index (κ3) is 4.49. The number of hydrogen-bond acceptors (Lipinski definition) is 3. The van der Waals surface area contributed by atoms with Crippen molar-refractivity contribution in [3.63, 3.8) is 0 Å². The van der Waals surface area contributed by atoms with Gasteiger partial charge in [-0.15, -0.1) is 0 Å². The molecule has 0 unspecified atom stereocenters. The fourth-order valence-electron chi connectivity index (χ4n) is 3.12. The molecule has 140 valence electrons. The molecule has 0 saturated carbocycles. The topological polar surface area (TPSA) is 92.5 Å². The van der Waals surface area contributed by atoms with Crippen LogP contribution in [0.3, 0.4) is 0 Å². The van der Waals surface area contributed by atoms with E-state index in [9.17, 15) is 18.8 Å². The molecule has 7 heteroatoms. The van der Waals surface area contributed by atoms with Crippen LogP contribution in [0.15, 0.2) is 48.5 Å². The summed E-state index contributed by atoms with van der Waals surface area (Å²) < 4.78 is 12.9. The molecule has 1 heterocycles. The zero-order valence-electron chi connectivity index (χ0n) is 14.7. The molecular formula is C20H20FN3O3. The summed E-state index contributed by atoms with van der Waals surface area (Å²) >= 11 is 0. The first-order valence-electron chi connectivity index (χ1n) is 8.66. The maximum Gasteiger partial charge on any atom is 0.250 e. The smallest absolute Gasteiger partial charge is 0.250 e. The molecule has 0 spiro atoms. The van der Waals surface area contributed by atoms with Crippen molar-refractivity contribution in [1.29, 1.82) is 0 Å². The van der Waals surface area contributed by atoms with Crippen LogP contribution in [0.25, 0.3) is 0 Å². The molecule has 1 aliphatic rings. The number of halogens is 1. The van der Waals surface area contributed by atoms with E-state index in [0.29, 0.717) is 25.2 Å². The third-order valence-corrected chi connectivity index (χ3v) is 4.62. The second kappa shape index (κ2) is 7.99. The van der Waals surface area contributed by atoms with Crippen LogP contribution in [0.2, 0.25) is 0 Å². The minimum absolute atomic E-state index is 0.0968. The molecule has 0 aromatic heterocycles. The summed E-state index contributed by atoms with van der Waals surface area (Å²) in [5, 5.41) is 2.69. The number of benzene rings is 2. The van der Waals surface area contributed by atoms with Crippen molar-refractivity contribution in [3.8, 4) is 0 Å². The fourth-order valence-corrected chi connectivity index (χ4v) is 3.12. The standard InChI is InChI=1S/C20H20FN3O3/c21-15-7-5-13(6-8-15)9-10-24-12-14(11-18(24)25)20(27)23-17-4-2-1-3-16(17)19(22)26/h1-8,14H,9-12H2,(H2,22,26)(H,23,27)/t14-/m0/s1. The Kier molecular flexibility index (Phi) is 5.49. The molecule has 0 radical (unpaired) electrons. The predicted octanol–water partition coefficient (Wildman–Crippen LogP) is 1.95. The van der Waals surface area contributed by atoms with Gasteiger partial charge in [0, 0.05) is 19.5 Å². The lowest BCUT2D eigenvalue weighted by atomic mass is 10.1. The lowest BCUT2D eigenvalue weighted by Crippen LogP contribution is -2.30. The first kappa shape index (κ1) is 18.6. The van der Waals surface area contributed by atoms with Crippen LogP contribution in [0, 0.1) is 11.7 Å². The number of primary amides is 1. The molecule has 1 atom stereocenters. The lowest BCUT2D eigenvalue weighted by molar-refractivity contribution is -0.128. The molecule has 0 aliphatic carbocycles. The highest BCUT2D eigenvalue weighted by molar-refractivity contribution is 6.04. The van der Waals surface area contributed by atoms with Crippen LogP contribution < -0.4 is 11.1 Å². The molecule has 1 saturated heterocycles. The van der Waals surface area contributed by atoms with Crippen molar-refractivity contribution < 1.29 is 18.8 Å². The van der Waals surface area contributed by atoms with E-state index in [2.05, 4.69) is 5.32 Å². The van der Waals surface area contributed by atoms with Gasteiger partial charge in [-0.25, -0.2) is 4.39 Å². The van der Waals surface area contributed by atoms with Crippen molar-refractivity contribution in [3.05, 3.63) is 65.5 Å². The predicted molar refractivity (Wildman–Crippen MR) is 98.4 cm³/mol. The maximum absolute atomic E-state index is 12.9. The van der Waals surface area contributed by atoms with Gasteiger partial charge in [0.2, 0.25) is 11.8 Å². The molecule has 3 rings (SSSR count). The Hall–Kier alpha value is -3.22. The van der Waals surface area contributed by atoms with E-state index < -0.39 is 11.8 Å². The van der Waals surface area contributed by atoms with Crippen molar-refractivity contribution in [2.24, 2.45) is 11.7 Å². The van der Waals surface area contributed by atoms with Gasteiger partial charge in [0.15, 0.2) is 0 Å². The van der Waals surface area contributed by atoms with Crippen LogP contribution in [0.4, 0.5) is 10.1 Å². The molecule has 2 aromatic rings. The van der Waals surface area contributed by atoms with Crippen LogP contribution in [0.5, 0.6) is 0 Å². The monoisotopic (exact) mass is 369 g/mol. The molecular weight excluding hydrogens is 349 g/mol. The first-order chi connectivity index (χ1) is 12.9. The SMILES string of the molecule is NC(=O)c1ccccc1NC(=O)[C@H]1CC(=O)N(CCc2ccc(F)cc2)C1. The quantitative estimate of drug-likeness (QED) is 0.815. The molecule has 2 aromatic carbocycles. The Bertz CT molecular complexity index is 867. The minimum Gasteiger partial charge on any atom is -0.366 e. The van der Waals surface area contributed by atoms with E-state index in [-0.39, 0.29) is 29.6 Å². The van der Waals surface area contributed by atoms with Crippen LogP contribution in [0.1, 0.15) is 22.3 Å². The van der Waals surface area contributed by atoms with Crippen LogP contribution >= 0.6 is 0 Å². The number of hydrogen-bond donors (Lipinski definition) is 2. The Labute approximate surface area is 156 Å². The number of nitrogens with two attached hydrogens (primary N) is 1. The van der Waals surface area contributed by atoms with Crippen molar-refractivity contribution >= 4 is 23.4 Å². The second-order valence-electron chi connectivity index (χ2n) is 6.52. The Balaban J connectivity index is 1.59. The highest BCUT2D eigenvalue weighted by atomic mass is 19.1. The average molecular weight is 369 g/mol. The van der Waals surface area contributed by atoms with E-state index in [0.717, 1.165) is 5.56 Å². The number of rotatable bonds is 6. The number of carbonyl (C=O) groups excluding carboxylic acids is 3. The number of nitrogens with zero attached hydrogens (tertiary/aromatic N) is 1. The molecule has 3 N–H and O–H groups in total. The highest BCUT2D eigenvalue weighted by Gasteiger charge is 2.34. The fraction of sp³-hybridized carbons (Fsp3) is 0.250. The van der Waals surface area contributed by atoms with Gasteiger partial charge in [-0.1, -0.05) is 24.3 Å². The van der Waals surface area contributed by atoms with Crippen molar-refractivity contribution in [2.75, 3.05) is 18.4 Å². The maximum atomic E-state index is 12.9. The number of amides is 3. The van der Waals surface area contributed by atoms with Gasteiger partial charge in [-0.05, 0) is 36.2 Å². The van der Waals surface area contributed by atoms with Gasteiger partial charge in [-0.3, -0.25) is 14.4 Å². The second-order valence-corrected chi connectivity index (χ2v) is 6.52. The summed E-state index contributed by atoms with van der Waals surface area (Å²) in [6.45, 7) is 0.775. The largest absolute Gasteiger partial charge is 0.366 e. The zero-order valence-corrected chi connectivity index (χ0v) is 14.7. The first-order valence-corrected chi connectivity index (χ1v) is 8.66. The zero-order chi connectivity index (χ0) is 19.4. The Morgan fingerprint density at radius 1 is 1.15 bits per heavy atom. The van der Waals surface area contributed by atoms with Gasteiger partial charge >= 0.3 is 0 Å². The highest BCUT2D eigenvalue weighted by Crippen LogP contribution is 2.22. The average Bonchev–Trinajstić information content (AvgIpc) is 3.02. The summed E-state index contributed by atoms with van der Waals surface area (Å²) in [6.07, 6.45) is 0.707. The van der Waals surface area contributed by atoms with Gasteiger partial charge in [0.05, 0.1) is 17.2 Å². The van der Waals surface area contributed by atoms with Gasteiger partial charge in [0.25, 0.3) is 5.91 Å². The van der Waals surface area contributed by atoms with Gasteiger partial charge in [0.1, 0.15) is 5.82 Å². The van der Waals surface area contributed by atoms with Gasteiger partial charge in [-0.2, -0.15) is 0 Å². The number of para-hydroxylation sites is 1. The number of anilines is 1. The van der Waals surface area contributed by atoms with E-state index in [4.69, 9.17) is 5.73 Å². The Morgan fingerprint density at radius 2 is 1.85 bits per heavy atom. The summed E-state index contributed by atoms with van der Waals surface area (Å²) in [4.78, 5) is 37.8.